The molecule has 9 heteroatoms. The van der Waals surface area contributed by atoms with Gasteiger partial charge in [-0.2, -0.15) is 4.98 Å². The smallest absolute Gasteiger partial charge is 0.261 e. The second kappa shape index (κ2) is 8.27. The average Bonchev–Trinajstić information content (AvgIpc) is 3.20. The maximum Gasteiger partial charge on any atom is 0.261 e. The van der Waals surface area contributed by atoms with Crippen LogP contribution >= 0.6 is 0 Å². The molecule has 1 N–H and O–H groups in total. The fourth-order valence-electron chi connectivity index (χ4n) is 3.52. The van der Waals surface area contributed by atoms with Gasteiger partial charge in [-0.3, -0.25) is 9.52 Å². The number of aryl methyl sites for hydroxylation is 1. The summed E-state index contributed by atoms with van der Waals surface area (Å²) in [6.07, 6.45) is 1.49. The largest absolute Gasteiger partial charge is 0.339 e. The summed E-state index contributed by atoms with van der Waals surface area (Å²) in [6, 6.07) is 14.7. The third-order valence-corrected chi connectivity index (χ3v) is 6.49. The average molecular weight is 426 g/mol. The van der Waals surface area contributed by atoms with Gasteiger partial charge in [-0.1, -0.05) is 29.4 Å². The highest BCUT2D eigenvalue weighted by molar-refractivity contribution is 7.92. The third-order valence-electron chi connectivity index (χ3n) is 5.09. The summed E-state index contributed by atoms with van der Waals surface area (Å²) >= 11 is 0. The molecule has 0 spiro atoms. The van der Waals surface area contributed by atoms with E-state index >= 15 is 0 Å². The van der Waals surface area contributed by atoms with Crippen molar-refractivity contribution < 1.29 is 17.7 Å². The van der Waals surface area contributed by atoms with Crippen molar-refractivity contribution in [2.75, 3.05) is 17.8 Å². The molecule has 3 aromatic rings. The normalized spacial score (nSPS) is 15.2. The third kappa shape index (κ3) is 4.35. The number of likely N-dealkylation sites (tertiary alicyclic amines) is 1. The lowest BCUT2D eigenvalue weighted by molar-refractivity contribution is 0.0704. The SMILES string of the molecule is Cc1noc(C2CCN(C(=O)c3cccc(NS(=O)(=O)c4ccccc4)c3)CC2)n1. The number of hydrogen-bond donors (Lipinski definition) is 1. The Labute approximate surface area is 175 Å². The van der Waals surface area contributed by atoms with Gasteiger partial charge in [0.1, 0.15) is 0 Å². The first-order valence-corrected chi connectivity index (χ1v) is 11.2. The minimum atomic E-state index is -3.71. The van der Waals surface area contributed by atoms with E-state index in [2.05, 4.69) is 14.9 Å². The molecular weight excluding hydrogens is 404 g/mol. The molecular formula is C21H22N4O4S. The standard InChI is InChI=1S/C21H22N4O4S/c1-15-22-20(29-23-15)16-10-12-25(13-11-16)21(26)17-6-5-7-18(14-17)24-30(27,28)19-8-3-2-4-9-19/h2-9,14,16,24H,10-13H2,1H3. The number of carbonyl (C=O) groups is 1. The molecule has 2 heterocycles. The molecule has 0 bridgehead atoms. The first-order valence-electron chi connectivity index (χ1n) is 9.70. The number of aromatic nitrogens is 2. The Kier molecular flexibility index (Phi) is 5.54. The van der Waals surface area contributed by atoms with Crippen molar-refractivity contribution in [3.05, 3.63) is 71.9 Å². The number of anilines is 1. The van der Waals surface area contributed by atoms with E-state index in [-0.39, 0.29) is 16.7 Å². The zero-order valence-corrected chi connectivity index (χ0v) is 17.3. The van der Waals surface area contributed by atoms with Gasteiger partial charge in [0, 0.05) is 30.3 Å². The molecule has 156 valence electrons. The number of carbonyl (C=O) groups excluding carboxylic acids is 1. The fraction of sp³-hybridized carbons (Fsp3) is 0.286. The molecule has 0 atom stereocenters. The number of nitrogens with zero attached hydrogens (tertiary/aromatic N) is 3. The zero-order valence-electron chi connectivity index (χ0n) is 16.5. The molecule has 30 heavy (non-hydrogen) atoms. The summed E-state index contributed by atoms with van der Waals surface area (Å²) in [7, 11) is -3.71. The van der Waals surface area contributed by atoms with Crippen molar-refractivity contribution in [3.63, 3.8) is 0 Å². The monoisotopic (exact) mass is 426 g/mol. The van der Waals surface area contributed by atoms with Gasteiger partial charge in [-0.25, -0.2) is 8.42 Å². The van der Waals surface area contributed by atoms with E-state index in [1.807, 2.05) is 0 Å². The van der Waals surface area contributed by atoms with E-state index in [0.29, 0.717) is 36.1 Å². The van der Waals surface area contributed by atoms with Crippen LogP contribution in [0.4, 0.5) is 5.69 Å². The highest BCUT2D eigenvalue weighted by Crippen LogP contribution is 2.28. The van der Waals surface area contributed by atoms with Gasteiger partial charge < -0.3 is 9.42 Å². The van der Waals surface area contributed by atoms with E-state index in [1.165, 1.54) is 12.1 Å². The molecule has 1 amide bonds. The van der Waals surface area contributed by atoms with Crippen LogP contribution in [0.15, 0.2) is 64.0 Å². The van der Waals surface area contributed by atoms with Crippen LogP contribution in [0.2, 0.25) is 0 Å². The lowest BCUT2D eigenvalue weighted by Gasteiger charge is -2.30. The van der Waals surface area contributed by atoms with Crippen molar-refractivity contribution in [2.24, 2.45) is 0 Å². The Morgan fingerprint density at radius 2 is 1.83 bits per heavy atom. The van der Waals surface area contributed by atoms with Gasteiger partial charge in [-0.05, 0) is 50.1 Å². The van der Waals surface area contributed by atoms with Gasteiger partial charge >= 0.3 is 0 Å². The highest BCUT2D eigenvalue weighted by atomic mass is 32.2. The van der Waals surface area contributed by atoms with Crippen molar-refractivity contribution in [2.45, 2.75) is 30.6 Å². The van der Waals surface area contributed by atoms with Crippen LogP contribution in [0.3, 0.4) is 0 Å². The van der Waals surface area contributed by atoms with Crippen molar-refractivity contribution >= 4 is 21.6 Å². The van der Waals surface area contributed by atoms with Gasteiger partial charge in [-0.15, -0.1) is 0 Å². The fourth-order valence-corrected chi connectivity index (χ4v) is 4.59. The first kappa shape index (κ1) is 20.1. The molecule has 4 rings (SSSR count). The minimum absolute atomic E-state index is 0.129. The number of benzene rings is 2. The van der Waals surface area contributed by atoms with Crippen LogP contribution in [0, 0.1) is 6.92 Å². The number of amides is 1. The summed E-state index contributed by atoms with van der Waals surface area (Å²) in [5, 5.41) is 3.83. The molecule has 8 nitrogen and oxygen atoms in total. The predicted octanol–water partition coefficient (Wildman–Crippen LogP) is 3.20. The predicted molar refractivity (Wildman–Crippen MR) is 111 cm³/mol. The van der Waals surface area contributed by atoms with Crippen LogP contribution in [-0.2, 0) is 10.0 Å². The minimum Gasteiger partial charge on any atom is -0.339 e. The second-order valence-electron chi connectivity index (χ2n) is 7.25. The van der Waals surface area contributed by atoms with Gasteiger partial charge in [0.05, 0.1) is 4.90 Å². The molecule has 0 radical (unpaired) electrons. The maximum absolute atomic E-state index is 12.9. The van der Waals surface area contributed by atoms with E-state index in [0.717, 1.165) is 12.8 Å². The molecule has 0 aliphatic carbocycles. The van der Waals surface area contributed by atoms with Crippen molar-refractivity contribution in [1.82, 2.24) is 15.0 Å². The van der Waals surface area contributed by atoms with Crippen molar-refractivity contribution in [3.8, 4) is 0 Å². The summed E-state index contributed by atoms with van der Waals surface area (Å²) in [4.78, 5) is 19.2. The first-order chi connectivity index (χ1) is 14.4. The van der Waals surface area contributed by atoms with Gasteiger partial charge in [0.2, 0.25) is 5.89 Å². The maximum atomic E-state index is 12.9. The molecule has 1 aliphatic heterocycles. The number of hydrogen-bond acceptors (Lipinski definition) is 6. The Morgan fingerprint density at radius 3 is 2.50 bits per heavy atom. The molecule has 0 unspecified atom stereocenters. The summed E-state index contributed by atoms with van der Waals surface area (Å²) < 4.78 is 32.9. The number of nitrogens with one attached hydrogen (secondary N) is 1. The number of sulfonamides is 1. The topological polar surface area (TPSA) is 105 Å². The van der Waals surface area contributed by atoms with E-state index in [1.54, 1.807) is 54.3 Å². The highest BCUT2D eigenvalue weighted by Gasteiger charge is 2.28. The number of rotatable bonds is 5. The molecule has 2 aromatic carbocycles. The van der Waals surface area contributed by atoms with Crippen LogP contribution in [-0.4, -0.2) is 42.5 Å². The zero-order chi connectivity index (χ0) is 21.1. The molecule has 1 aliphatic rings. The summed E-state index contributed by atoms with van der Waals surface area (Å²) in [6.45, 7) is 2.93. The number of piperidine rings is 1. The molecule has 0 saturated carbocycles. The van der Waals surface area contributed by atoms with Crippen molar-refractivity contribution in [1.29, 1.82) is 0 Å². The lowest BCUT2D eigenvalue weighted by atomic mass is 9.96. The Balaban J connectivity index is 1.43. The summed E-state index contributed by atoms with van der Waals surface area (Å²) in [5.41, 5.74) is 0.788. The lowest BCUT2D eigenvalue weighted by Crippen LogP contribution is -2.38. The summed E-state index contributed by atoms with van der Waals surface area (Å²) in [5.74, 6) is 1.25. The quantitative estimate of drug-likeness (QED) is 0.672. The Morgan fingerprint density at radius 1 is 1.10 bits per heavy atom. The molecule has 1 saturated heterocycles. The van der Waals surface area contributed by atoms with Crippen LogP contribution in [0.5, 0.6) is 0 Å². The van der Waals surface area contributed by atoms with Gasteiger partial charge in [0.25, 0.3) is 15.9 Å². The molecule has 1 aromatic heterocycles. The van der Waals surface area contributed by atoms with E-state index in [4.69, 9.17) is 4.52 Å². The second-order valence-corrected chi connectivity index (χ2v) is 8.93. The Hall–Kier alpha value is -3.20. The van der Waals surface area contributed by atoms with E-state index in [9.17, 15) is 13.2 Å². The van der Waals surface area contributed by atoms with Crippen LogP contribution in [0.25, 0.3) is 0 Å². The van der Waals surface area contributed by atoms with Crippen LogP contribution in [0.1, 0.15) is 40.8 Å². The molecule has 1 fully saturated rings. The Bertz CT molecular complexity index is 1140. The van der Waals surface area contributed by atoms with E-state index < -0.39 is 10.0 Å². The van der Waals surface area contributed by atoms with Gasteiger partial charge in [0.15, 0.2) is 5.82 Å². The van der Waals surface area contributed by atoms with Crippen LogP contribution < -0.4 is 4.72 Å².